The SMILES string of the molecule is Cc1nc(C)nc(NC(=O)Oc2ccccc2)n1. The number of hydrogen-bond acceptors (Lipinski definition) is 5. The van der Waals surface area contributed by atoms with Crippen molar-refractivity contribution in [2.75, 3.05) is 5.32 Å². The van der Waals surface area contributed by atoms with Crippen LogP contribution in [0.5, 0.6) is 5.75 Å². The standard InChI is InChI=1S/C12H12N4O2/c1-8-13-9(2)15-11(14-8)16-12(17)18-10-6-4-3-5-7-10/h3-7H,1-2H3,(H,13,14,15,16,17). The number of carbonyl (C=O) groups excluding carboxylic acids is 1. The van der Waals surface area contributed by atoms with Crippen molar-refractivity contribution in [2.24, 2.45) is 0 Å². The molecule has 1 amide bonds. The van der Waals surface area contributed by atoms with Gasteiger partial charge in [0.05, 0.1) is 0 Å². The van der Waals surface area contributed by atoms with E-state index in [1.54, 1.807) is 38.1 Å². The Balaban J connectivity index is 2.03. The van der Waals surface area contributed by atoms with E-state index in [1.165, 1.54) is 0 Å². The summed E-state index contributed by atoms with van der Waals surface area (Å²) in [5.41, 5.74) is 0. The number of nitrogens with one attached hydrogen (secondary N) is 1. The third-order valence-corrected chi connectivity index (χ3v) is 2.03. The Morgan fingerprint density at radius 3 is 2.28 bits per heavy atom. The Morgan fingerprint density at radius 1 is 1.06 bits per heavy atom. The van der Waals surface area contributed by atoms with Crippen LogP contribution in [0, 0.1) is 13.8 Å². The second-order valence-electron chi connectivity index (χ2n) is 3.58. The van der Waals surface area contributed by atoms with Gasteiger partial charge in [0.2, 0.25) is 5.95 Å². The molecule has 0 fully saturated rings. The van der Waals surface area contributed by atoms with Crippen LogP contribution in [0.15, 0.2) is 30.3 Å². The highest BCUT2D eigenvalue weighted by molar-refractivity contribution is 5.84. The molecule has 6 nitrogen and oxygen atoms in total. The third-order valence-electron chi connectivity index (χ3n) is 2.03. The molecule has 0 atom stereocenters. The average molecular weight is 244 g/mol. The van der Waals surface area contributed by atoms with Crippen LogP contribution in [0.1, 0.15) is 11.6 Å². The third kappa shape index (κ3) is 3.24. The van der Waals surface area contributed by atoms with E-state index >= 15 is 0 Å². The normalized spacial score (nSPS) is 9.89. The number of para-hydroxylation sites is 1. The van der Waals surface area contributed by atoms with E-state index < -0.39 is 6.09 Å². The van der Waals surface area contributed by atoms with Gasteiger partial charge in [0.25, 0.3) is 0 Å². The van der Waals surface area contributed by atoms with Crippen molar-refractivity contribution in [3.8, 4) is 5.75 Å². The van der Waals surface area contributed by atoms with Gasteiger partial charge < -0.3 is 4.74 Å². The lowest BCUT2D eigenvalue weighted by molar-refractivity contribution is 0.215. The molecule has 0 aliphatic heterocycles. The Labute approximate surface area is 104 Å². The van der Waals surface area contributed by atoms with Crippen molar-refractivity contribution in [3.63, 3.8) is 0 Å². The van der Waals surface area contributed by atoms with E-state index in [9.17, 15) is 4.79 Å². The van der Waals surface area contributed by atoms with Crippen LogP contribution in [0.2, 0.25) is 0 Å². The van der Waals surface area contributed by atoms with Crippen molar-refractivity contribution in [1.29, 1.82) is 0 Å². The zero-order valence-electron chi connectivity index (χ0n) is 10.0. The van der Waals surface area contributed by atoms with Gasteiger partial charge in [-0.05, 0) is 26.0 Å². The number of anilines is 1. The summed E-state index contributed by atoms with van der Waals surface area (Å²) in [5.74, 6) is 1.72. The topological polar surface area (TPSA) is 77.0 Å². The van der Waals surface area contributed by atoms with Crippen LogP contribution in [-0.4, -0.2) is 21.0 Å². The fourth-order valence-corrected chi connectivity index (χ4v) is 1.38. The molecule has 1 N–H and O–H groups in total. The second kappa shape index (κ2) is 5.22. The van der Waals surface area contributed by atoms with Crippen LogP contribution in [-0.2, 0) is 0 Å². The van der Waals surface area contributed by atoms with Crippen LogP contribution in [0.25, 0.3) is 0 Å². The molecule has 92 valence electrons. The van der Waals surface area contributed by atoms with Crippen LogP contribution in [0.3, 0.4) is 0 Å². The molecule has 0 saturated carbocycles. The van der Waals surface area contributed by atoms with Gasteiger partial charge in [-0.2, -0.15) is 9.97 Å². The molecular formula is C12H12N4O2. The number of amides is 1. The average Bonchev–Trinajstić information content (AvgIpc) is 2.28. The highest BCUT2D eigenvalue weighted by Crippen LogP contribution is 2.09. The lowest BCUT2D eigenvalue weighted by Crippen LogP contribution is -2.19. The number of aryl methyl sites for hydroxylation is 2. The van der Waals surface area contributed by atoms with E-state index in [4.69, 9.17) is 4.74 Å². The number of nitrogens with zero attached hydrogens (tertiary/aromatic N) is 3. The lowest BCUT2D eigenvalue weighted by atomic mass is 10.3. The van der Waals surface area contributed by atoms with Gasteiger partial charge in [-0.15, -0.1) is 0 Å². The molecule has 18 heavy (non-hydrogen) atoms. The number of rotatable bonds is 2. The maximum atomic E-state index is 11.6. The van der Waals surface area contributed by atoms with Gasteiger partial charge in [-0.1, -0.05) is 18.2 Å². The Morgan fingerprint density at radius 2 is 1.67 bits per heavy atom. The summed E-state index contributed by atoms with van der Waals surface area (Å²) in [6.45, 7) is 3.45. The van der Waals surface area contributed by atoms with Crippen molar-refractivity contribution in [2.45, 2.75) is 13.8 Å². The summed E-state index contributed by atoms with van der Waals surface area (Å²) in [6, 6.07) is 8.76. The number of hydrogen-bond donors (Lipinski definition) is 1. The van der Waals surface area contributed by atoms with Gasteiger partial charge >= 0.3 is 6.09 Å². The van der Waals surface area contributed by atoms with E-state index in [-0.39, 0.29) is 5.95 Å². The molecule has 0 aliphatic carbocycles. The first kappa shape index (κ1) is 12.0. The Bertz CT molecular complexity index is 537. The molecule has 2 rings (SSSR count). The summed E-state index contributed by atoms with van der Waals surface area (Å²) in [6.07, 6.45) is -0.633. The predicted molar refractivity (Wildman–Crippen MR) is 65.4 cm³/mol. The first-order valence-electron chi connectivity index (χ1n) is 5.36. The molecule has 0 bridgehead atoms. The number of benzene rings is 1. The zero-order valence-corrected chi connectivity index (χ0v) is 10.0. The predicted octanol–water partition coefficient (Wildman–Crippen LogP) is 2.10. The molecule has 1 heterocycles. The van der Waals surface area contributed by atoms with E-state index in [0.717, 1.165) is 0 Å². The Kier molecular flexibility index (Phi) is 3.47. The zero-order chi connectivity index (χ0) is 13.0. The molecule has 2 aromatic rings. The summed E-state index contributed by atoms with van der Waals surface area (Å²) in [4.78, 5) is 23.5. The minimum absolute atomic E-state index is 0.181. The summed E-state index contributed by atoms with van der Waals surface area (Å²) >= 11 is 0. The van der Waals surface area contributed by atoms with Crippen LogP contribution in [0.4, 0.5) is 10.7 Å². The van der Waals surface area contributed by atoms with E-state index in [0.29, 0.717) is 17.4 Å². The summed E-state index contributed by atoms with van der Waals surface area (Å²) < 4.78 is 5.05. The van der Waals surface area contributed by atoms with E-state index in [1.807, 2.05) is 6.07 Å². The summed E-state index contributed by atoms with van der Waals surface area (Å²) in [5, 5.41) is 2.45. The van der Waals surface area contributed by atoms with Gasteiger partial charge in [0.1, 0.15) is 17.4 Å². The highest BCUT2D eigenvalue weighted by atomic mass is 16.6. The van der Waals surface area contributed by atoms with Gasteiger partial charge in [-0.3, -0.25) is 5.32 Å². The van der Waals surface area contributed by atoms with E-state index in [2.05, 4.69) is 20.3 Å². The monoisotopic (exact) mass is 244 g/mol. The fourth-order valence-electron chi connectivity index (χ4n) is 1.38. The minimum atomic E-state index is -0.633. The maximum Gasteiger partial charge on any atom is 0.419 e. The lowest BCUT2D eigenvalue weighted by Gasteiger charge is -2.05. The number of ether oxygens (including phenoxy) is 1. The van der Waals surface area contributed by atoms with Crippen LogP contribution < -0.4 is 10.1 Å². The second-order valence-corrected chi connectivity index (χ2v) is 3.58. The molecule has 0 unspecified atom stereocenters. The molecule has 1 aromatic carbocycles. The van der Waals surface area contributed by atoms with Crippen molar-refractivity contribution in [1.82, 2.24) is 15.0 Å². The van der Waals surface area contributed by atoms with Crippen molar-refractivity contribution < 1.29 is 9.53 Å². The first-order valence-corrected chi connectivity index (χ1v) is 5.36. The van der Waals surface area contributed by atoms with Crippen molar-refractivity contribution >= 4 is 12.0 Å². The molecule has 0 radical (unpaired) electrons. The fraction of sp³-hybridized carbons (Fsp3) is 0.167. The molecule has 6 heteroatoms. The Hall–Kier alpha value is -2.50. The van der Waals surface area contributed by atoms with Gasteiger partial charge in [0, 0.05) is 0 Å². The van der Waals surface area contributed by atoms with Gasteiger partial charge in [0.15, 0.2) is 0 Å². The quantitative estimate of drug-likeness (QED) is 0.875. The molecule has 0 spiro atoms. The smallest absolute Gasteiger partial charge is 0.410 e. The number of aromatic nitrogens is 3. The molecular weight excluding hydrogens is 232 g/mol. The van der Waals surface area contributed by atoms with Crippen molar-refractivity contribution in [3.05, 3.63) is 42.0 Å². The highest BCUT2D eigenvalue weighted by Gasteiger charge is 2.08. The summed E-state index contributed by atoms with van der Waals surface area (Å²) in [7, 11) is 0. The van der Waals surface area contributed by atoms with Gasteiger partial charge in [-0.25, -0.2) is 9.78 Å². The number of carbonyl (C=O) groups is 1. The largest absolute Gasteiger partial charge is 0.419 e. The molecule has 1 aromatic heterocycles. The molecule has 0 aliphatic rings. The maximum absolute atomic E-state index is 11.6. The minimum Gasteiger partial charge on any atom is -0.410 e. The molecule has 0 saturated heterocycles. The van der Waals surface area contributed by atoms with Crippen LogP contribution >= 0.6 is 0 Å². The first-order chi connectivity index (χ1) is 8.63.